The van der Waals surface area contributed by atoms with E-state index in [-0.39, 0.29) is 17.3 Å². The van der Waals surface area contributed by atoms with Crippen LogP contribution in [0, 0.1) is 5.41 Å². The first-order chi connectivity index (χ1) is 13.9. The maximum absolute atomic E-state index is 10.9. The van der Waals surface area contributed by atoms with Crippen LogP contribution in [0.2, 0.25) is 5.28 Å². The molecule has 2 aromatic rings. The molecule has 5 N–H and O–H groups in total. The highest BCUT2D eigenvalue weighted by Crippen LogP contribution is 2.36. The Balaban J connectivity index is 1.82. The monoisotopic (exact) mass is 465 g/mol. The molecule has 0 saturated carbocycles. The number of aliphatic hydroxyl groups is 2. The maximum Gasteiger partial charge on any atom is 0.350 e. The number of nitrogens with one attached hydrogen (secondary N) is 1. The van der Waals surface area contributed by atoms with Crippen molar-refractivity contribution in [2.75, 3.05) is 24.8 Å². The number of halogens is 1. The Hall–Kier alpha value is -1.37. The van der Waals surface area contributed by atoms with Crippen LogP contribution in [0.3, 0.4) is 0 Å². The van der Waals surface area contributed by atoms with Crippen molar-refractivity contribution in [2.24, 2.45) is 5.41 Å². The van der Waals surface area contributed by atoms with E-state index in [0.717, 1.165) is 0 Å². The van der Waals surface area contributed by atoms with E-state index in [1.807, 2.05) is 0 Å². The molecule has 0 unspecified atom stereocenters. The summed E-state index contributed by atoms with van der Waals surface area (Å²) in [4.78, 5) is 30.4. The molecule has 0 aromatic carbocycles. The van der Waals surface area contributed by atoms with Crippen LogP contribution in [-0.2, 0) is 14.0 Å². The fourth-order valence-corrected chi connectivity index (χ4v) is 3.44. The molecule has 0 amide bonds. The highest BCUT2D eigenvalue weighted by molar-refractivity contribution is 7.51. The van der Waals surface area contributed by atoms with Crippen LogP contribution in [0.1, 0.15) is 27.0 Å². The Kier molecular flexibility index (Phi) is 6.71. The molecular formula is C16H25ClN5O7P. The van der Waals surface area contributed by atoms with Gasteiger partial charge in [0.1, 0.15) is 24.7 Å². The summed E-state index contributed by atoms with van der Waals surface area (Å²) in [7, 11) is -4.36. The minimum atomic E-state index is -4.36. The standard InChI is InChI=1S/C16H25ClN5O7P/c1-16(2,3)5-18-12-9-13(21-15(17)20-12)22(6-19-9)14-11(24)10(23)8(29-14)4-28-7-30(25,26)27/h6,8,10-11,14,23-24H,4-5,7H2,1-3H3,(H,18,20,21)(H2,25,26,27)/t8-,10-,11-,14-/m1/s1. The molecule has 0 spiro atoms. The van der Waals surface area contributed by atoms with Gasteiger partial charge in [-0.1, -0.05) is 20.8 Å². The van der Waals surface area contributed by atoms with Crippen molar-refractivity contribution in [2.45, 2.75) is 45.3 Å². The van der Waals surface area contributed by atoms with Gasteiger partial charge in [0.2, 0.25) is 5.28 Å². The summed E-state index contributed by atoms with van der Waals surface area (Å²) in [5.74, 6) is 0.424. The Morgan fingerprint density at radius 2 is 2.00 bits per heavy atom. The molecule has 3 heterocycles. The van der Waals surface area contributed by atoms with Crippen LogP contribution >= 0.6 is 19.2 Å². The lowest BCUT2D eigenvalue weighted by molar-refractivity contribution is -0.0612. The second kappa shape index (κ2) is 8.64. The van der Waals surface area contributed by atoms with E-state index in [2.05, 4.69) is 41.0 Å². The molecule has 2 aromatic heterocycles. The molecule has 168 valence electrons. The lowest BCUT2D eigenvalue weighted by Gasteiger charge is -2.19. The van der Waals surface area contributed by atoms with Crippen molar-refractivity contribution >= 4 is 36.2 Å². The zero-order valence-electron chi connectivity index (χ0n) is 16.6. The van der Waals surface area contributed by atoms with Gasteiger partial charge >= 0.3 is 7.60 Å². The van der Waals surface area contributed by atoms with Crippen LogP contribution in [0.5, 0.6) is 0 Å². The molecular weight excluding hydrogens is 441 g/mol. The maximum atomic E-state index is 10.9. The summed E-state index contributed by atoms with van der Waals surface area (Å²) in [6.07, 6.45) is -4.21. The van der Waals surface area contributed by atoms with Gasteiger partial charge in [-0.2, -0.15) is 9.97 Å². The van der Waals surface area contributed by atoms with Gasteiger partial charge in [-0.3, -0.25) is 9.13 Å². The number of ether oxygens (including phenoxy) is 2. The number of nitrogens with zero attached hydrogens (tertiary/aromatic N) is 4. The summed E-state index contributed by atoms with van der Waals surface area (Å²) < 4.78 is 22.9. The third kappa shape index (κ3) is 5.45. The van der Waals surface area contributed by atoms with Crippen molar-refractivity contribution in [3.05, 3.63) is 11.6 Å². The Morgan fingerprint density at radius 3 is 2.63 bits per heavy atom. The topological polar surface area (TPSA) is 172 Å². The summed E-state index contributed by atoms with van der Waals surface area (Å²) in [6, 6.07) is 0. The Labute approximate surface area is 177 Å². The fourth-order valence-electron chi connectivity index (χ4n) is 2.93. The van der Waals surface area contributed by atoms with Crippen molar-refractivity contribution in [3.63, 3.8) is 0 Å². The molecule has 30 heavy (non-hydrogen) atoms. The molecule has 1 saturated heterocycles. The van der Waals surface area contributed by atoms with Gasteiger partial charge in [0.25, 0.3) is 0 Å². The number of aliphatic hydroxyl groups excluding tert-OH is 2. The second-order valence-electron chi connectivity index (χ2n) is 8.29. The number of fused-ring (bicyclic) bond motifs is 1. The van der Waals surface area contributed by atoms with Gasteiger partial charge in [-0.15, -0.1) is 0 Å². The zero-order valence-corrected chi connectivity index (χ0v) is 18.3. The van der Waals surface area contributed by atoms with E-state index in [1.165, 1.54) is 10.9 Å². The van der Waals surface area contributed by atoms with Gasteiger partial charge < -0.3 is 34.8 Å². The first-order valence-electron chi connectivity index (χ1n) is 9.13. The van der Waals surface area contributed by atoms with Gasteiger partial charge in [0, 0.05) is 6.54 Å². The van der Waals surface area contributed by atoms with Crippen molar-refractivity contribution < 1.29 is 34.0 Å². The van der Waals surface area contributed by atoms with Crippen LogP contribution < -0.4 is 5.32 Å². The van der Waals surface area contributed by atoms with Gasteiger partial charge in [-0.25, -0.2) is 4.98 Å². The summed E-state index contributed by atoms with van der Waals surface area (Å²) in [6.45, 7) is 6.44. The normalized spacial score (nSPS) is 25.2. The Morgan fingerprint density at radius 1 is 1.30 bits per heavy atom. The predicted octanol–water partition coefficient (Wildman–Crippen LogP) is 0.709. The lowest BCUT2D eigenvalue weighted by Crippen LogP contribution is -2.33. The lowest BCUT2D eigenvalue weighted by atomic mass is 9.97. The van der Waals surface area contributed by atoms with E-state index >= 15 is 0 Å². The molecule has 1 fully saturated rings. The summed E-state index contributed by atoms with van der Waals surface area (Å²) >= 11 is 6.06. The minimum absolute atomic E-state index is 0.0263. The number of hydrogen-bond donors (Lipinski definition) is 5. The SMILES string of the molecule is CC(C)(C)CNc1nc(Cl)nc2c1ncn2[C@@H]1O[C@H](COCP(=O)(O)O)[C@@H](O)[C@H]1O. The molecule has 14 heteroatoms. The van der Waals surface area contributed by atoms with Crippen molar-refractivity contribution in [1.82, 2.24) is 19.5 Å². The summed E-state index contributed by atoms with van der Waals surface area (Å²) in [5, 5.41) is 23.9. The fraction of sp³-hybridized carbons (Fsp3) is 0.688. The number of aromatic nitrogens is 4. The first kappa shape index (κ1) is 23.3. The molecule has 0 radical (unpaired) electrons. The molecule has 1 aliphatic heterocycles. The van der Waals surface area contributed by atoms with Crippen LogP contribution in [0.25, 0.3) is 11.2 Å². The van der Waals surface area contributed by atoms with E-state index in [9.17, 15) is 14.8 Å². The number of imidazole rings is 1. The first-order valence-corrected chi connectivity index (χ1v) is 11.3. The van der Waals surface area contributed by atoms with E-state index in [1.54, 1.807) is 0 Å². The number of rotatable bonds is 7. The largest absolute Gasteiger partial charge is 0.387 e. The molecule has 12 nitrogen and oxygen atoms in total. The quantitative estimate of drug-likeness (QED) is 0.288. The van der Waals surface area contributed by atoms with Crippen LogP contribution in [-0.4, -0.2) is 77.3 Å². The van der Waals surface area contributed by atoms with E-state index in [0.29, 0.717) is 23.5 Å². The predicted molar refractivity (Wildman–Crippen MR) is 107 cm³/mol. The zero-order chi connectivity index (χ0) is 22.3. The molecule has 4 atom stereocenters. The average molecular weight is 466 g/mol. The smallest absolute Gasteiger partial charge is 0.350 e. The minimum Gasteiger partial charge on any atom is -0.387 e. The number of hydrogen-bond acceptors (Lipinski definition) is 9. The van der Waals surface area contributed by atoms with Gasteiger partial charge in [0.05, 0.1) is 12.9 Å². The molecule has 3 rings (SSSR count). The van der Waals surface area contributed by atoms with Gasteiger partial charge in [0.15, 0.2) is 23.2 Å². The van der Waals surface area contributed by atoms with Crippen LogP contribution in [0.4, 0.5) is 5.82 Å². The molecule has 0 aliphatic carbocycles. The number of anilines is 1. The molecule has 1 aliphatic rings. The highest BCUT2D eigenvalue weighted by Gasteiger charge is 2.44. The molecule has 0 bridgehead atoms. The van der Waals surface area contributed by atoms with Crippen molar-refractivity contribution in [3.8, 4) is 0 Å². The third-order valence-corrected chi connectivity index (χ3v) is 5.02. The van der Waals surface area contributed by atoms with E-state index in [4.69, 9.17) is 30.9 Å². The van der Waals surface area contributed by atoms with Gasteiger partial charge in [-0.05, 0) is 17.0 Å². The van der Waals surface area contributed by atoms with E-state index < -0.39 is 38.5 Å². The van der Waals surface area contributed by atoms with Crippen molar-refractivity contribution in [1.29, 1.82) is 0 Å². The Bertz CT molecular complexity index is 946. The third-order valence-electron chi connectivity index (χ3n) is 4.33. The van der Waals surface area contributed by atoms with Crippen LogP contribution in [0.15, 0.2) is 6.33 Å². The summed E-state index contributed by atoms with van der Waals surface area (Å²) in [5.41, 5.74) is 0.677. The highest BCUT2D eigenvalue weighted by atomic mass is 35.5. The second-order valence-corrected chi connectivity index (χ2v) is 10.2. The average Bonchev–Trinajstić information content (AvgIpc) is 3.14.